The lowest BCUT2D eigenvalue weighted by Gasteiger charge is -2.42. The number of methoxy groups -OCH3 is 1. The van der Waals surface area contributed by atoms with E-state index in [1.54, 1.807) is 34.3 Å². The molecule has 3 aromatic heterocycles. The fraction of sp³-hybridized carbons (Fsp3) is 0.480. The number of likely N-dealkylation sites (tertiary alicyclic amines) is 1. The number of alkyl halides is 2. The van der Waals surface area contributed by atoms with Crippen molar-refractivity contribution >= 4 is 22.5 Å². The minimum absolute atomic E-state index is 0.0894. The number of anilines is 1. The van der Waals surface area contributed by atoms with Gasteiger partial charge in [0.1, 0.15) is 29.7 Å². The summed E-state index contributed by atoms with van der Waals surface area (Å²) in [6, 6.07) is 4.84. The smallest absolute Gasteiger partial charge is 0.244 e. The maximum Gasteiger partial charge on any atom is 0.244 e. The minimum Gasteiger partial charge on any atom is -0.479 e. The van der Waals surface area contributed by atoms with Crippen LogP contribution in [0.25, 0.3) is 27.7 Å². The molecule has 1 N–H and O–H groups in total. The molecular formula is C25H28F3N7O2. The predicted octanol–water partition coefficient (Wildman–Crippen LogP) is 3.39. The van der Waals surface area contributed by atoms with Gasteiger partial charge in [-0.05, 0) is 37.1 Å². The Bertz CT molecular complexity index is 1450. The van der Waals surface area contributed by atoms with Crippen molar-refractivity contribution in [3.05, 3.63) is 36.0 Å². The molecular weight excluding hydrogens is 487 g/mol. The van der Waals surface area contributed by atoms with Gasteiger partial charge in [0.15, 0.2) is 5.82 Å². The van der Waals surface area contributed by atoms with E-state index in [-0.39, 0.29) is 23.9 Å². The number of nitrogens with zero attached hydrogens (tertiary/aromatic N) is 6. The number of rotatable bonds is 7. The van der Waals surface area contributed by atoms with E-state index in [9.17, 15) is 8.78 Å². The third-order valence-corrected chi connectivity index (χ3v) is 7.31. The second kappa shape index (κ2) is 9.49. The SMILES string of the molecule is COc1nc(N[C@H]2CCN(C3COC3)C[C@@H]2F)nn2ccc(-c3cc(F)c4nc(C)n(CCF)c4c3)c12. The lowest BCUT2D eigenvalue weighted by molar-refractivity contribution is -0.0794. The summed E-state index contributed by atoms with van der Waals surface area (Å²) in [6.45, 7) is 3.65. The Labute approximate surface area is 211 Å². The fourth-order valence-corrected chi connectivity index (χ4v) is 5.27. The molecule has 0 unspecified atom stereocenters. The lowest BCUT2D eigenvalue weighted by Crippen LogP contribution is -2.57. The van der Waals surface area contributed by atoms with Crippen LogP contribution in [0.15, 0.2) is 24.4 Å². The molecule has 0 aliphatic carbocycles. The van der Waals surface area contributed by atoms with Crippen molar-refractivity contribution in [3.8, 4) is 17.0 Å². The summed E-state index contributed by atoms with van der Waals surface area (Å²) in [4.78, 5) is 10.9. The Kier molecular flexibility index (Phi) is 6.15. The third-order valence-electron chi connectivity index (χ3n) is 7.31. The average Bonchev–Trinajstić information content (AvgIpc) is 3.41. The Hall–Kier alpha value is -3.38. The zero-order valence-electron chi connectivity index (χ0n) is 20.6. The predicted molar refractivity (Wildman–Crippen MR) is 132 cm³/mol. The number of nitrogens with one attached hydrogen (secondary N) is 1. The van der Waals surface area contributed by atoms with Gasteiger partial charge in [0.2, 0.25) is 11.8 Å². The summed E-state index contributed by atoms with van der Waals surface area (Å²) < 4.78 is 57.2. The first-order chi connectivity index (χ1) is 18.0. The normalized spacial score (nSPS) is 21.0. The fourth-order valence-electron chi connectivity index (χ4n) is 5.27. The summed E-state index contributed by atoms with van der Waals surface area (Å²) in [5.41, 5.74) is 2.46. The Morgan fingerprint density at radius 2 is 2.08 bits per heavy atom. The van der Waals surface area contributed by atoms with Gasteiger partial charge in [-0.15, -0.1) is 5.10 Å². The molecule has 0 spiro atoms. The molecule has 6 rings (SSSR count). The van der Waals surface area contributed by atoms with Crippen molar-refractivity contribution in [2.24, 2.45) is 0 Å². The first kappa shape index (κ1) is 24.0. The van der Waals surface area contributed by atoms with E-state index >= 15 is 4.39 Å². The summed E-state index contributed by atoms with van der Waals surface area (Å²) >= 11 is 0. The zero-order chi connectivity index (χ0) is 25.7. The van der Waals surface area contributed by atoms with E-state index in [2.05, 4.69) is 25.3 Å². The maximum atomic E-state index is 15.0. The second-order valence-corrected chi connectivity index (χ2v) is 9.53. The third kappa shape index (κ3) is 4.17. The minimum atomic E-state index is -1.08. The molecule has 5 heterocycles. The van der Waals surface area contributed by atoms with Crippen molar-refractivity contribution in [1.29, 1.82) is 0 Å². The highest BCUT2D eigenvalue weighted by Crippen LogP contribution is 2.34. The number of fused-ring (bicyclic) bond motifs is 2. The van der Waals surface area contributed by atoms with Gasteiger partial charge < -0.3 is 19.4 Å². The van der Waals surface area contributed by atoms with Crippen molar-refractivity contribution in [2.75, 3.05) is 45.4 Å². The van der Waals surface area contributed by atoms with E-state index in [1.807, 2.05) is 0 Å². The molecule has 2 fully saturated rings. The molecule has 0 saturated carbocycles. The molecule has 1 aromatic carbocycles. The van der Waals surface area contributed by atoms with Crippen LogP contribution in [-0.2, 0) is 11.3 Å². The van der Waals surface area contributed by atoms with Crippen LogP contribution in [0.5, 0.6) is 5.88 Å². The van der Waals surface area contributed by atoms with Crippen molar-refractivity contribution < 1.29 is 22.6 Å². The summed E-state index contributed by atoms with van der Waals surface area (Å²) in [6.07, 6.45) is 1.26. The Morgan fingerprint density at radius 1 is 1.24 bits per heavy atom. The first-order valence-electron chi connectivity index (χ1n) is 12.3. The van der Waals surface area contributed by atoms with Crippen LogP contribution < -0.4 is 10.1 Å². The molecule has 12 heteroatoms. The van der Waals surface area contributed by atoms with Crippen LogP contribution >= 0.6 is 0 Å². The monoisotopic (exact) mass is 515 g/mol. The number of hydrogen-bond donors (Lipinski definition) is 1. The van der Waals surface area contributed by atoms with Crippen LogP contribution in [0.2, 0.25) is 0 Å². The maximum absolute atomic E-state index is 15.0. The van der Waals surface area contributed by atoms with Gasteiger partial charge in [-0.25, -0.2) is 22.7 Å². The first-order valence-corrected chi connectivity index (χ1v) is 12.3. The zero-order valence-corrected chi connectivity index (χ0v) is 20.6. The van der Waals surface area contributed by atoms with E-state index in [0.29, 0.717) is 60.2 Å². The standard InChI is InChI=1S/C25H28F3N7O2/c1-14-29-22-18(27)9-15(10-21(22)34(14)8-5-26)17-3-7-35-23(17)24(36-2)31-25(32-35)30-20-4-6-33(11-19(20)28)16-12-37-13-16/h3,7,9-10,16,19-20H,4-6,8,11-13H2,1-2H3,(H,30,32)/t19-,20-/m0/s1. The van der Waals surface area contributed by atoms with Gasteiger partial charge in [0.25, 0.3) is 0 Å². The number of benzene rings is 1. The van der Waals surface area contributed by atoms with Gasteiger partial charge in [-0.3, -0.25) is 4.90 Å². The van der Waals surface area contributed by atoms with Gasteiger partial charge in [-0.1, -0.05) is 0 Å². The molecule has 2 saturated heterocycles. The molecule has 2 aliphatic rings. The molecule has 0 amide bonds. The van der Waals surface area contributed by atoms with E-state index in [1.165, 1.54) is 13.2 Å². The van der Waals surface area contributed by atoms with Crippen LogP contribution in [0.1, 0.15) is 12.2 Å². The van der Waals surface area contributed by atoms with Gasteiger partial charge in [0.05, 0.1) is 44.5 Å². The molecule has 0 radical (unpaired) electrons. The average molecular weight is 516 g/mol. The quantitative estimate of drug-likeness (QED) is 0.404. The van der Waals surface area contributed by atoms with Crippen LogP contribution in [0.3, 0.4) is 0 Å². The van der Waals surface area contributed by atoms with E-state index in [0.717, 1.165) is 6.54 Å². The number of ether oxygens (including phenoxy) is 2. The number of piperidine rings is 1. The van der Waals surface area contributed by atoms with Gasteiger partial charge in [0, 0.05) is 24.8 Å². The number of aromatic nitrogens is 5. The highest BCUT2D eigenvalue weighted by molar-refractivity contribution is 5.90. The molecule has 37 heavy (non-hydrogen) atoms. The van der Waals surface area contributed by atoms with E-state index < -0.39 is 24.7 Å². The lowest BCUT2D eigenvalue weighted by atomic mass is 10.0. The van der Waals surface area contributed by atoms with Gasteiger partial charge >= 0.3 is 0 Å². The van der Waals surface area contributed by atoms with Crippen LogP contribution in [0, 0.1) is 12.7 Å². The van der Waals surface area contributed by atoms with Crippen LogP contribution in [0.4, 0.5) is 19.1 Å². The highest BCUT2D eigenvalue weighted by atomic mass is 19.1. The Morgan fingerprint density at radius 3 is 2.78 bits per heavy atom. The topological polar surface area (TPSA) is 81.7 Å². The second-order valence-electron chi connectivity index (χ2n) is 9.53. The molecule has 2 aliphatic heterocycles. The molecule has 2 atom stereocenters. The molecule has 196 valence electrons. The number of imidazole rings is 1. The van der Waals surface area contributed by atoms with E-state index in [4.69, 9.17) is 9.47 Å². The van der Waals surface area contributed by atoms with Crippen molar-refractivity contribution in [2.45, 2.75) is 38.1 Å². The van der Waals surface area contributed by atoms with Gasteiger partial charge in [-0.2, -0.15) is 4.98 Å². The largest absolute Gasteiger partial charge is 0.479 e. The summed E-state index contributed by atoms with van der Waals surface area (Å²) in [7, 11) is 1.49. The molecule has 4 aromatic rings. The number of aryl methyl sites for hydroxylation is 2. The molecule has 0 bridgehead atoms. The Balaban J connectivity index is 1.32. The highest BCUT2D eigenvalue weighted by Gasteiger charge is 2.35. The summed E-state index contributed by atoms with van der Waals surface area (Å²) in [5, 5.41) is 7.67. The van der Waals surface area contributed by atoms with Crippen molar-refractivity contribution in [1.82, 2.24) is 29.0 Å². The molecule has 9 nitrogen and oxygen atoms in total. The summed E-state index contributed by atoms with van der Waals surface area (Å²) in [5.74, 6) is 0.559. The van der Waals surface area contributed by atoms with Crippen molar-refractivity contribution in [3.63, 3.8) is 0 Å². The number of hydrogen-bond acceptors (Lipinski definition) is 7. The number of halogens is 3. The van der Waals surface area contributed by atoms with Crippen LogP contribution in [-0.4, -0.2) is 87.4 Å².